The number of carbonyl (C=O) groups excluding carboxylic acids is 1. The van der Waals surface area contributed by atoms with Crippen LogP contribution in [-0.4, -0.2) is 20.7 Å². The third kappa shape index (κ3) is 3.95. The van der Waals surface area contributed by atoms with Crippen molar-refractivity contribution in [1.82, 2.24) is 14.8 Å². The van der Waals surface area contributed by atoms with E-state index in [1.807, 2.05) is 12.1 Å². The molecule has 0 saturated heterocycles. The number of halogens is 3. The first-order chi connectivity index (χ1) is 16.2. The SMILES string of the molecule is Cc1c(C(=O)OCc2cc(=O)oc3cc4c(cc23)CCC4)cnn1-c1ccc(C(F)(F)F)cn1. The number of benzene rings is 1. The molecule has 34 heavy (non-hydrogen) atoms. The molecule has 0 fully saturated rings. The van der Waals surface area contributed by atoms with Gasteiger partial charge in [0.15, 0.2) is 5.82 Å². The number of hydrogen-bond donors (Lipinski definition) is 0. The summed E-state index contributed by atoms with van der Waals surface area (Å²) in [7, 11) is 0. The largest absolute Gasteiger partial charge is 0.457 e. The highest BCUT2D eigenvalue weighted by Gasteiger charge is 2.31. The summed E-state index contributed by atoms with van der Waals surface area (Å²) in [5.41, 5.74) is 2.40. The fourth-order valence-electron chi connectivity index (χ4n) is 4.16. The number of hydrogen-bond acceptors (Lipinski definition) is 6. The van der Waals surface area contributed by atoms with Gasteiger partial charge in [-0.3, -0.25) is 0 Å². The molecule has 0 saturated carbocycles. The number of pyridine rings is 1. The Morgan fingerprint density at radius 2 is 1.91 bits per heavy atom. The second-order valence-corrected chi connectivity index (χ2v) is 8.10. The fraction of sp³-hybridized carbons (Fsp3) is 0.250. The van der Waals surface area contributed by atoms with E-state index < -0.39 is 23.3 Å². The molecule has 7 nitrogen and oxygen atoms in total. The molecule has 10 heteroatoms. The summed E-state index contributed by atoms with van der Waals surface area (Å²) in [6, 6.07) is 7.22. The molecule has 1 aliphatic rings. The van der Waals surface area contributed by atoms with E-state index in [1.165, 1.54) is 28.6 Å². The van der Waals surface area contributed by atoms with E-state index in [0.717, 1.165) is 36.3 Å². The summed E-state index contributed by atoms with van der Waals surface area (Å²) in [5, 5.41) is 4.78. The monoisotopic (exact) mass is 469 g/mol. The van der Waals surface area contributed by atoms with E-state index in [-0.39, 0.29) is 18.0 Å². The molecule has 3 heterocycles. The number of alkyl halides is 3. The summed E-state index contributed by atoms with van der Waals surface area (Å²) in [5.74, 6) is -0.553. The highest BCUT2D eigenvalue weighted by molar-refractivity contribution is 5.90. The Labute approximate surface area is 190 Å². The van der Waals surface area contributed by atoms with Crippen molar-refractivity contribution in [1.29, 1.82) is 0 Å². The maximum absolute atomic E-state index is 12.8. The maximum Gasteiger partial charge on any atom is 0.417 e. The van der Waals surface area contributed by atoms with Crippen LogP contribution < -0.4 is 5.63 Å². The third-order valence-electron chi connectivity index (χ3n) is 5.92. The second-order valence-electron chi connectivity index (χ2n) is 8.10. The predicted octanol–water partition coefficient (Wildman–Crippen LogP) is 4.55. The summed E-state index contributed by atoms with van der Waals surface area (Å²) in [4.78, 5) is 28.6. The Hall–Kier alpha value is -3.95. The lowest BCUT2D eigenvalue weighted by Crippen LogP contribution is -2.10. The predicted molar refractivity (Wildman–Crippen MR) is 115 cm³/mol. The van der Waals surface area contributed by atoms with Crippen LogP contribution in [0, 0.1) is 6.92 Å². The first kappa shape index (κ1) is 21.9. The molecule has 0 radical (unpaired) electrons. The molecule has 0 aliphatic heterocycles. The van der Waals surface area contributed by atoms with Crippen molar-refractivity contribution < 1.29 is 27.1 Å². The standard InChI is InChI=1S/C24H18F3N3O4/c1-13-19(11-29-30(13)21-6-5-17(10-28-21)24(25,26)27)23(32)33-12-16-9-22(31)34-20-8-15-4-2-3-14(15)7-18(16)20/h5-11H,2-4,12H2,1H3. The van der Waals surface area contributed by atoms with Gasteiger partial charge in [0.2, 0.25) is 0 Å². The van der Waals surface area contributed by atoms with Crippen molar-refractivity contribution in [3.63, 3.8) is 0 Å². The van der Waals surface area contributed by atoms with Gasteiger partial charge in [-0.15, -0.1) is 0 Å². The minimum absolute atomic E-state index is 0.130. The van der Waals surface area contributed by atoms with Crippen molar-refractivity contribution in [3.8, 4) is 5.82 Å². The molecule has 0 bridgehead atoms. The minimum Gasteiger partial charge on any atom is -0.457 e. The Bertz CT molecular complexity index is 1470. The fourth-order valence-corrected chi connectivity index (χ4v) is 4.16. The van der Waals surface area contributed by atoms with Gasteiger partial charge < -0.3 is 9.15 Å². The van der Waals surface area contributed by atoms with Gasteiger partial charge in [-0.1, -0.05) is 0 Å². The van der Waals surface area contributed by atoms with Crippen LogP contribution in [0.15, 0.2) is 51.9 Å². The molecule has 174 valence electrons. The van der Waals surface area contributed by atoms with Gasteiger partial charge in [-0.05, 0) is 61.6 Å². The summed E-state index contributed by atoms with van der Waals surface area (Å²) < 4.78 is 50.4. The lowest BCUT2D eigenvalue weighted by molar-refractivity contribution is -0.137. The zero-order valence-corrected chi connectivity index (χ0v) is 18.0. The smallest absolute Gasteiger partial charge is 0.417 e. The van der Waals surface area contributed by atoms with Crippen LogP contribution in [0.5, 0.6) is 0 Å². The molecule has 0 N–H and O–H groups in total. The molecule has 3 aromatic heterocycles. The average Bonchev–Trinajstić information content (AvgIpc) is 3.41. The Kier molecular flexibility index (Phi) is 5.22. The van der Waals surface area contributed by atoms with Crippen LogP contribution in [0.4, 0.5) is 13.2 Å². The van der Waals surface area contributed by atoms with Crippen molar-refractivity contribution in [2.45, 2.75) is 39.0 Å². The molecule has 4 aromatic rings. The number of carbonyl (C=O) groups is 1. The number of rotatable bonds is 4. The van der Waals surface area contributed by atoms with Crippen molar-refractivity contribution in [2.75, 3.05) is 0 Å². The highest BCUT2D eigenvalue weighted by Crippen LogP contribution is 2.30. The molecular weight excluding hydrogens is 451 g/mol. The van der Waals surface area contributed by atoms with E-state index in [1.54, 1.807) is 6.92 Å². The lowest BCUT2D eigenvalue weighted by atomic mass is 10.0. The van der Waals surface area contributed by atoms with Crippen LogP contribution in [-0.2, 0) is 30.4 Å². The first-order valence-corrected chi connectivity index (χ1v) is 10.5. The number of aryl methyl sites for hydroxylation is 2. The summed E-state index contributed by atoms with van der Waals surface area (Å²) in [6.07, 6.45) is 0.389. The normalized spacial score (nSPS) is 13.3. The van der Waals surface area contributed by atoms with Crippen molar-refractivity contribution in [2.24, 2.45) is 0 Å². The van der Waals surface area contributed by atoms with Crippen LogP contribution in [0.2, 0.25) is 0 Å². The van der Waals surface area contributed by atoms with Crippen LogP contribution >= 0.6 is 0 Å². The summed E-state index contributed by atoms with van der Waals surface area (Å²) >= 11 is 0. The zero-order chi connectivity index (χ0) is 24.0. The quantitative estimate of drug-likeness (QED) is 0.322. The number of aromatic nitrogens is 3. The van der Waals surface area contributed by atoms with Crippen LogP contribution in [0.3, 0.4) is 0 Å². The maximum atomic E-state index is 12.8. The molecule has 0 spiro atoms. The number of esters is 1. The number of nitrogens with zero attached hydrogens (tertiary/aromatic N) is 3. The summed E-state index contributed by atoms with van der Waals surface area (Å²) in [6.45, 7) is 1.43. The average molecular weight is 469 g/mol. The molecule has 0 atom stereocenters. The number of fused-ring (bicyclic) bond motifs is 2. The zero-order valence-electron chi connectivity index (χ0n) is 18.0. The van der Waals surface area contributed by atoms with Gasteiger partial charge in [-0.2, -0.15) is 18.3 Å². The minimum atomic E-state index is -4.50. The molecule has 1 aromatic carbocycles. The second kappa shape index (κ2) is 8.12. The van der Waals surface area contributed by atoms with E-state index in [4.69, 9.17) is 9.15 Å². The van der Waals surface area contributed by atoms with E-state index in [9.17, 15) is 22.8 Å². The first-order valence-electron chi connectivity index (χ1n) is 10.5. The van der Waals surface area contributed by atoms with Gasteiger partial charge in [0.1, 0.15) is 17.8 Å². The molecular formula is C24H18F3N3O4. The third-order valence-corrected chi connectivity index (χ3v) is 5.92. The molecule has 0 unspecified atom stereocenters. The van der Waals surface area contributed by atoms with Crippen LogP contribution in [0.1, 0.15) is 44.7 Å². The Morgan fingerprint density at radius 3 is 2.62 bits per heavy atom. The van der Waals surface area contributed by atoms with Gasteiger partial charge in [0, 0.05) is 23.2 Å². The Morgan fingerprint density at radius 1 is 1.15 bits per heavy atom. The van der Waals surface area contributed by atoms with Crippen molar-refractivity contribution in [3.05, 3.63) is 86.7 Å². The van der Waals surface area contributed by atoms with Gasteiger partial charge in [-0.25, -0.2) is 19.3 Å². The van der Waals surface area contributed by atoms with E-state index in [2.05, 4.69) is 10.1 Å². The molecule has 1 aliphatic carbocycles. The van der Waals surface area contributed by atoms with Gasteiger partial charge in [0.25, 0.3) is 0 Å². The number of ether oxygens (including phenoxy) is 1. The topological polar surface area (TPSA) is 87.2 Å². The lowest BCUT2D eigenvalue weighted by Gasteiger charge is -2.10. The van der Waals surface area contributed by atoms with Gasteiger partial charge in [0.05, 0.1) is 17.5 Å². The van der Waals surface area contributed by atoms with E-state index in [0.29, 0.717) is 23.0 Å². The van der Waals surface area contributed by atoms with Crippen molar-refractivity contribution >= 4 is 16.9 Å². The molecule has 0 amide bonds. The van der Waals surface area contributed by atoms with E-state index >= 15 is 0 Å². The van der Waals surface area contributed by atoms with Crippen LogP contribution in [0.25, 0.3) is 16.8 Å². The Balaban J connectivity index is 1.37. The molecule has 5 rings (SSSR count). The van der Waals surface area contributed by atoms with Gasteiger partial charge >= 0.3 is 17.8 Å². The highest BCUT2D eigenvalue weighted by atomic mass is 19.4.